The van der Waals surface area contributed by atoms with E-state index in [1.165, 1.54) is 6.33 Å². The lowest BCUT2D eigenvalue weighted by molar-refractivity contribution is 0.102. The number of amides is 1. The Morgan fingerprint density at radius 1 is 1.03 bits per heavy atom. The number of benzene rings is 2. The Morgan fingerprint density at radius 2 is 1.86 bits per heavy atom. The van der Waals surface area contributed by atoms with Gasteiger partial charge in [-0.25, -0.2) is 14.6 Å². The van der Waals surface area contributed by atoms with Crippen molar-refractivity contribution in [3.8, 4) is 17.4 Å². The maximum atomic E-state index is 12.5. The zero-order chi connectivity index (χ0) is 20.2. The first-order chi connectivity index (χ1) is 14.1. The van der Waals surface area contributed by atoms with Crippen LogP contribution in [0.2, 0.25) is 0 Å². The van der Waals surface area contributed by atoms with Crippen molar-refractivity contribution in [1.82, 2.24) is 19.7 Å². The number of ether oxygens (including phenoxy) is 1. The van der Waals surface area contributed by atoms with E-state index in [1.807, 2.05) is 38.1 Å². The van der Waals surface area contributed by atoms with Gasteiger partial charge >= 0.3 is 0 Å². The molecule has 0 bridgehead atoms. The van der Waals surface area contributed by atoms with E-state index in [2.05, 4.69) is 20.4 Å². The van der Waals surface area contributed by atoms with Crippen molar-refractivity contribution in [2.24, 2.45) is 0 Å². The lowest BCUT2D eigenvalue weighted by Gasteiger charge is -2.10. The minimum Gasteiger partial charge on any atom is -0.439 e. The summed E-state index contributed by atoms with van der Waals surface area (Å²) in [5, 5.41) is 7.05. The molecular formula is C22H19N5O2. The summed E-state index contributed by atoms with van der Waals surface area (Å²) in [5.74, 6) is 1.47. The summed E-state index contributed by atoms with van der Waals surface area (Å²) in [6, 6.07) is 16.4. The highest BCUT2D eigenvalue weighted by molar-refractivity contribution is 6.05. The van der Waals surface area contributed by atoms with Gasteiger partial charge in [0.15, 0.2) is 5.82 Å². The summed E-state index contributed by atoms with van der Waals surface area (Å²) in [5.41, 5.74) is 3.33. The highest BCUT2D eigenvalue weighted by Crippen LogP contribution is 2.23. The molecule has 0 saturated carbocycles. The Bertz CT molecular complexity index is 1140. The Balaban J connectivity index is 1.45. The molecule has 2 heterocycles. The average Bonchev–Trinajstić information content (AvgIpc) is 3.26. The van der Waals surface area contributed by atoms with Crippen molar-refractivity contribution in [1.29, 1.82) is 0 Å². The van der Waals surface area contributed by atoms with Crippen molar-refractivity contribution in [3.05, 3.63) is 90.0 Å². The fraction of sp³-hybridized carbons (Fsp3) is 0.0909. The van der Waals surface area contributed by atoms with E-state index >= 15 is 0 Å². The van der Waals surface area contributed by atoms with Crippen LogP contribution < -0.4 is 10.1 Å². The van der Waals surface area contributed by atoms with Gasteiger partial charge in [-0.1, -0.05) is 17.7 Å². The number of carbonyl (C=O) groups excluding carboxylic acids is 1. The molecule has 1 N–H and O–H groups in total. The summed E-state index contributed by atoms with van der Waals surface area (Å²) in [6.07, 6.45) is 4.89. The normalized spacial score (nSPS) is 10.6. The Kier molecular flexibility index (Phi) is 5.03. The molecule has 0 fully saturated rings. The molecule has 0 atom stereocenters. The highest BCUT2D eigenvalue weighted by atomic mass is 16.5. The van der Waals surface area contributed by atoms with Crippen LogP contribution in [0.25, 0.3) is 5.82 Å². The van der Waals surface area contributed by atoms with Gasteiger partial charge in [0, 0.05) is 29.7 Å². The van der Waals surface area contributed by atoms with E-state index in [1.54, 1.807) is 47.4 Å². The minimum absolute atomic E-state index is 0.139. The Hall–Kier alpha value is -4.00. The first-order valence-electron chi connectivity index (χ1n) is 9.07. The number of nitrogens with one attached hydrogen (secondary N) is 1. The molecule has 1 amide bonds. The molecule has 0 radical (unpaired) electrons. The van der Waals surface area contributed by atoms with Gasteiger partial charge in [-0.15, -0.1) is 0 Å². The van der Waals surface area contributed by atoms with Crippen molar-refractivity contribution < 1.29 is 9.53 Å². The summed E-state index contributed by atoms with van der Waals surface area (Å²) < 4.78 is 7.42. The van der Waals surface area contributed by atoms with Gasteiger partial charge in [0.05, 0.1) is 0 Å². The topological polar surface area (TPSA) is 81.9 Å². The number of anilines is 1. The Morgan fingerprint density at radius 3 is 2.62 bits per heavy atom. The van der Waals surface area contributed by atoms with Gasteiger partial charge in [0.25, 0.3) is 5.91 Å². The number of rotatable bonds is 5. The van der Waals surface area contributed by atoms with E-state index in [0.717, 1.165) is 11.1 Å². The quantitative estimate of drug-likeness (QED) is 0.553. The molecule has 0 spiro atoms. The van der Waals surface area contributed by atoms with Crippen molar-refractivity contribution in [2.45, 2.75) is 13.8 Å². The third-order valence-electron chi connectivity index (χ3n) is 4.34. The smallest absolute Gasteiger partial charge is 0.255 e. The van der Waals surface area contributed by atoms with Gasteiger partial charge in [-0.3, -0.25) is 4.79 Å². The SMILES string of the molecule is Cc1ccc(C)c(C(=O)Nc2ccc(Oc3cc(-n4cccn4)ncn3)cc2)c1. The molecule has 0 unspecified atom stereocenters. The van der Waals surface area contributed by atoms with Crippen molar-refractivity contribution in [2.75, 3.05) is 5.32 Å². The summed E-state index contributed by atoms with van der Waals surface area (Å²) in [7, 11) is 0. The molecular weight excluding hydrogens is 366 g/mol. The van der Waals surface area contributed by atoms with Gasteiger partial charge < -0.3 is 10.1 Å². The number of hydrogen-bond acceptors (Lipinski definition) is 5. The number of aryl methyl sites for hydroxylation is 2. The van der Waals surface area contributed by atoms with Crippen LogP contribution in [-0.4, -0.2) is 25.7 Å². The van der Waals surface area contributed by atoms with Gasteiger partial charge in [-0.05, 0) is 55.8 Å². The lowest BCUT2D eigenvalue weighted by atomic mass is 10.1. The lowest BCUT2D eigenvalue weighted by Crippen LogP contribution is -2.13. The second kappa shape index (κ2) is 7.93. The van der Waals surface area contributed by atoms with Gasteiger partial charge in [0.1, 0.15) is 12.1 Å². The van der Waals surface area contributed by atoms with E-state index in [-0.39, 0.29) is 5.91 Å². The van der Waals surface area contributed by atoms with E-state index in [4.69, 9.17) is 4.74 Å². The van der Waals surface area contributed by atoms with Gasteiger partial charge in [-0.2, -0.15) is 5.10 Å². The van der Waals surface area contributed by atoms with Crippen LogP contribution in [0.4, 0.5) is 5.69 Å². The molecule has 144 valence electrons. The van der Waals surface area contributed by atoms with Crippen molar-refractivity contribution in [3.63, 3.8) is 0 Å². The monoisotopic (exact) mass is 385 g/mol. The third-order valence-corrected chi connectivity index (χ3v) is 4.34. The maximum Gasteiger partial charge on any atom is 0.255 e. The molecule has 2 aromatic heterocycles. The maximum absolute atomic E-state index is 12.5. The van der Waals surface area contributed by atoms with Crippen LogP contribution in [0.5, 0.6) is 11.6 Å². The number of hydrogen-bond donors (Lipinski definition) is 1. The third kappa shape index (κ3) is 4.30. The Labute approximate surface area is 168 Å². The number of nitrogens with zero attached hydrogens (tertiary/aromatic N) is 4. The van der Waals surface area contributed by atoms with E-state index in [0.29, 0.717) is 28.7 Å². The molecule has 7 nitrogen and oxygen atoms in total. The molecule has 29 heavy (non-hydrogen) atoms. The number of carbonyl (C=O) groups is 1. The second-order valence-electron chi connectivity index (χ2n) is 6.56. The number of aromatic nitrogens is 4. The molecule has 0 aliphatic heterocycles. The molecule has 0 aliphatic carbocycles. The summed E-state index contributed by atoms with van der Waals surface area (Å²) in [4.78, 5) is 20.8. The van der Waals surface area contributed by atoms with Crippen LogP contribution >= 0.6 is 0 Å². The van der Waals surface area contributed by atoms with Crippen LogP contribution in [0, 0.1) is 13.8 Å². The van der Waals surface area contributed by atoms with E-state index in [9.17, 15) is 4.79 Å². The zero-order valence-corrected chi connectivity index (χ0v) is 16.0. The molecule has 0 aliphatic rings. The molecule has 0 saturated heterocycles. The molecule has 4 aromatic rings. The summed E-state index contributed by atoms with van der Waals surface area (Å²) in [6.45, 7) is 3.89. The first kappa shape index (κ1) is 18.4. The predicted octanol–water partition coefficient (Wildman–Crippen LogP) is 4.32. The van der Waals surface area contributed by atoms with Crippen molar-refractivity contribution >= 4 is 11.6 Å². The van der Waals surface area contributed by atoms with Gasteiger partial charge in [0.2, 0.25) is 5.88 Å². The molecule has 4 rings (SSSR count). The van der Waals surface area contributed by atoms with Crippen LogP contribution in [-0.2, 0) is 0 Å². The van der Waals surface area contributed by atoms with Crippen LogP contribution in [0.3, 0.4) is 0 Å². The van der Waals surface area contributed by atoms with E-state index < -0.39 is 0 Å². The summed E-state index contributed by atoms with van der Waals surface area (Å²) >= 11 is 0. The van der Waals surface area contributed by atoms with Crippen LogP contribution in [0.15, 0.2) is 73.3 Å². The average molecular weight is 385 g/mol. The first-order valence-corrected chi connectivity index (χ1v) is 9.07. The fourth-order valence-corrected chi connectivity index (χ4v) is 2.82. The largest absolute Gasteiger partial charge is 0.439 e. The highest BCUT2D eigenvalue weighted by Gasteiger charge is 2.10. The second-order valence-corrected chi connectivity index (χ2v) is 6.56. The zero-order valence-electron chi connectivity index (χ0n) is 16.0. The minimum atomic E-state index is -0.139. The predicted molar refractivity (Wildman–Crippen MR) is 110 cm³/mol. The molecule has 2 aromatic carbocycles. The standard InChI is InChI=1S/C22H19N5O2/c1-15-4-5-16(2)19(12-15)22(28)26-17-6-8-18(9-7-17)29-21-13-20(23-14-24-21)27-11-3-10-25-27/h3-14H,1-2H3,(H,26,28). The molecule has 7 heteroatoms. The fourth-order valence-electron chi connectivity index (χ4n) is 2.82. The van der Waals surface area contributed by atoms with Crippen LogP contribution in [0.1, 0.15) is 21.5 Å².